The standard InChI is InChI=1S/C15H17N3O3/c1-20-13-5-3-12(11-14(13)21-2)4-6-15(19)18(9-7-16)10-8-17/h3,5,11H,4,6,9-10H2,1-2H3. The van der Waals surface area contributed by atoms with E-state index in [1.165, 1.54) is 4.90 Å². The number of nitriles is 2. The zero-order valence-corrected chi connectivity index (χ0v) is 12.1. The number of nitrogens with zero attached hydrogens (tertiary/aromatic N) is 3. The third kappa shape index (κ3) is 4.70. The maximum atomic E-state index is 11.9. The van der Waals surface area contributed by atoms with Crippen LogP contribution in [0.2, 0.25) is 0 Å². The summed E-state index contributed by atoms with van der Waals surface area (Å²) < 4.78 is 10.3. The van der Waals surface area contributed by atoms with Crippen LogP contribution in [0.15, 0.2) is 18.2 Å². The number of aryl methyl sites for hydroxylation is 1. The Morgan fingerprint density at radius 1 is 1.14 bits per heavy atom. The van der Waals surface area contributed by atoms with E-state index in [1.54, 1.807) is 20.3 Å². The van der Waals surface area contributed by atoms with Crippen molar-refractivity contribution >= 4 is 5.91 Å². The molecule has 0 radical (unpaired) electrons. The molecule has 0 saturated carbocycles. The van der Waals surface area contributed by atoms with Gasteiger partial charge in [0.1, 0.15) is 13.1 Å². The molecule has 0 aliphatic carbocycles. The first kappa shape index (κ1) is 16.3. The molecule has 1 rings (SSSR count). The smallest absolute Gasteiger partial charge is 0.224 e. The van der Waals surface area contributed by atoms with E-state index in [0.717, 1.165) is 5.56 Å². The number of hydrogen-bond acceptors (Lipinski definition) is 5. The van der Waals surface area contributed by atoms with Gasteiger partial charge in [-0.05, 0) is 24.1 Å². The van der Waals surface area contributed by atoms with Gasteiger partial charge in [0.2, 0.25) is 5.91 Å². The Balaban J connectivity index is 2.68. The molecule has 0 saturated heterocycles. The number of methoxy groups -OCH3 is 2. The summed E-state index contributed by atoms with van der Waals surface area (Å²) in [6.45, 7) is -0.142. The summed E-state index contributed by atoms with van der Waals surface area (Å²) in [5.41, 5.74) is 0.926. The van der Waals surface area contributed by atoms with E-state index in [-0.39, 0.29) is 25.4 Å². The van der Waals surface area contributed by atoms with Crippen molar-refractivity contribution in [2.75, 3.05) is 27.3 Å². The lowest BCUT2D eigenvalue weighted by molar-refractivity contribution is -0.130. The molecule has 1 aromatic carbocycles. The number of amides is 1. The van der Waals surface area contributed by atoms with Crippen LogP contribution in [-0.2, 0) is 11.2 Å². The Hall–Kier alpha value is -2.73. The van der Waals surface area contributed by atoms with E-state index in [9.17, 15) is 4.79 Å². The highest BCUT2D eigenvalue weighted by Gasteiger charge is 2.13. The molecular weight excluding hydrogens is 270 g/mol. The second-order valence-electron chi connectivity index (χ2n) is 4.26. The molecule has 0 unspecified atom stereocenters. The Morgan fingerprint density at radius 3 is 2.29 bits per heavy atom. The Bertz CT molecular complexity index is 557. The van der Waals surface area contributed by atoms with E-state index in [0.29, 0.717) is 17.9 Å². The lowest BCUT2D eigenvalue weighted by Crippen LogP contribution is -2.31. The van der Waals surface area contributed by atoms with Gasteiger partial charge in [-0.25, -0.2) is 0 Å². The monoisotopic (exact) mass is 287 g/mol. The van der Waals surface area contributed by atoms with Gasteiger partial charge in [0.05, 0.1) is 26.4 Å². The zero-order valence-electron chi connectivity index (χ0n) is 12.1. The van der Waals surface area contributed by atoms with Crippen LogP contribution in [0.1, 0.15) is 12.0 Å². The molecule has 110 valence electrons. The molecule has 0 bridgehead atoms. The summed E-state index contributed by atoms with van der Waals surface area (Å²) in [5, 5.41) is 17.3. The lowest BCUT2D eigenvalue weighted by Gasteiger charge is -2.16. The van der Waals surface area contributed by atoms with Crippen molar-refractivity contribution in [2.24, 2.45) is 0 Å². The van der Waals surface area contributed by atoms with Crippen molar-refractivity contribution in [3.8, 4) is 23.6 Å². The fourth-order valence-electron chi connectivity index (χ4n) is 1.85. The second-order valence-corrected chi connectivity index (χ2v) is 4.26. The number of benzene rings is 1. The van der Waals surface area contributed by atoms with Crippen LogP contribution >= 0.6 is 0 Å². The summed E-state index contributed by atoms with van der Waals surface area (Å²) in [6, 6.07) is 9.21. The van der Waals surface area contributed by atoms with Crippen LogP contribution in [0, 0.1) is 22.7 Å². The normalized spacial score (nSPS) is 9.33. The Morgan fingerprint density at radius 2 is 1.76 bits per heavy atom. The van der Waals surface area contributed by atoms with E-state index in [2.05, 4.69) is 0 Å². The third-order valence-electron chi connectivity index (χ3n) is 2.95. The fourth-order valence-corrected chi connectivity index (χ4v) is 1.85. The van der Waals surface area contributed by atoms with Crippen molar-refractivity contribution in [3.05, 3.63) is 23.8 Å². The lowest BCUT2D eigenvalue weighted by atomic mass is 10.1. The first-order chi connectivity index (χ1) is 10.2. The topological polar surface area (TPSA) is 86.4 Å². The molecule has 0 heterocycles. The number of hydrogen-bond donors (Lipinski definition) is 0. The highest BCUT2D eigenvalue weighted by Crippen LogP contribution is 2.27. The molecule has 0 aliphatic rings. The predicted octanol–water partition coefficient (Wildman–Crippen LogP) is 1.51. The zero-order chi connectivity index (χ0) is 15.7. The summed E-state index contributed by atoms with van der Waals surface area (Å²) in [7, 11) is 3.11. The van der Waals surface area contributed by atoms with E-state index in [4.69, 9.17) is 20.0 Å². The molecule has 0 spiro atoms. The SMILES string of the molecule is COc1ccc(CCC(=O)N(CC#N)CC#N)cc1OC. The molecule has 21 heavy (non-hydrogen) atoms. The van der Waals surface area contributed by atoms with E-state index in [1.807, 2.05) is 24.3 Å². The largest absolute Gasteiger partial charge is 0.493 e. The summed E-state index contributed by atoms with van der Waals surface area (Å²) in [5.74, 6) is 1.02. The molecule has 0 fully saturated rings. The maximum Gasteiger partial charge on any atom is 0.224 e. The highest BCUT2D eigenvalue weighted by molar-refractivity contribution is 5.77. The first-order valence-electron chi connectivity index (χ1n) is 6.38. The van der Waals surface area contributed by atoms with Crippen LogP contribution in [0.5, 0.6) is 11.5 Å². The number of rotatable bonds is 7. The molecule has 1 aromatic rings. The fraction of sp³-hybridized carbons (Fsp3) is 0.400. The summed E-state index contributed by atoms with van der Waals surface area (Å²) in [6.07, 6.45) is 0.741. The van der Waals surface area contributed by atoms with Gasteiger partial charge in [0.15, 0.2) is 11.5 Å². The van der Waals surface area contributed by atoms with Gasteiger partial charge in [0, 0.05) is 6.42 Å². The average molecular weight is 287 g/mol. The van der Waals surface area contributed by atoms with Crippen LogP contribution in [0.25, 0.3) is 0 Å². The Kier molecular flexibility index (Phi) is 6.56. The molecular formula is C15H17N3O3. The van der Waals surface area contributed by atoms with Gasteiger partial charge in [0.25, 0.3) is 0 Å². The number of carbonyl (C=O) groups is 1. The number of ether oxygens (including phenoxy) is 2. The molecule has 0 atom stereocenters. The van der Waals surface area contributed by atoms with Crippen LogP contribution in [0.4, 0.5) is 0 Å². The highest BCUT2D eigenvalue weighted by atomic mass is 16.5. The summed E-state index contributed by atoms with van der Waals surface area (Å²) >= 11 is 0. The van der Waals surface area contributed by atoms with Crippen LogP contribution in [-0.4, -0.2) is 38.1 Å². The quantitative estimate of drug-likeness (QED) is 0.709. The molecule has 0 aromatic heterocycles. The van der Waals surface area contributed by atoms with Gasteiger partial charge in [-0.3, -0.25) is 4.79 Å². The van der Waals surface area contributed by atoms with Gasteiger partial charge >= 0.3 is 0 Å². The molecule has 1 amide bonds. The molecule has 0 N–H and O–H groups in total. The summed E-state index contributed by atoms with van der Waals surface area (Å²) in [4.78, 5) is 13.2. The molecule has 6 nitrogen and oxygen atoms in total. The molecule has 0 aliphatic heterocycles. The third-order valence-corrected chi connectivity index (χ3v) is 2.95. The van der Waals surface area contributed by atoms with Gasteiger partial charge < -0.3 is 14.4 Å². The van der Waals surface area contributed by atoms with Crippen LogP contribution in [0.3, 0.4) is 0 Å². The van der Waals surface area contributed by atoms with Gasteiger partial charge in [-0.15, -0.1) is 0 Å². The van der Waals surface area contributed by atoms with Crippen molar-refractivity contribution in [3.63, 3.8) is 0 Å². The van der Waals surface area contributed by atoms with Crippen molar-refractivity contribution in [1.29, 1.82) is 10.5 Å². The van der Waals surface area contributed by atoms with Gasteiger partial charge in [-0.1, -0.05) is 6.07 Å². The van der Waals surface area contributed by atoms with Crippen molar-refractivity contribution in [2.45, 2.75) is 12.8 Å². The Labute approximate surface area is 124 Å². The molecule has 6 heteroatoms. The average Bonchev–Trinajstić information content (AvgIpc) is 2.52. The van der Waals surface area contributed by atoms with E-state index < -0.39 is 0 Å². The van der Waals surface area contributed by atoms with Gasteiger partial charge in [-0.2, -0.15) is 10.5 Å². The minimum absolute atomic E-state index is 0.0711. The predicted molar refractivity (Wildman–Crippen MR) is 75.7 cm³/mol. The van der Waals surface area contributed by atoms with E-state index >= 15 is 0 Å². The van der Waals surface area contributed by atoms with Crippen LogP contribution < -0.4 is 9.47 Å². The second kappa shape index (κ2) is 8.44. The number of carbonyl (C=O) groups excluding carboxylic acids is 1. The van der Waals surface area contributed by atoms with Crippen molar-refractivity contribution < 1.29 is 14.3 Å². The minimum atomic E-state index is -0.215. The minimum Gasteiger partial charge on any atom is -0.493 e. The first-order valence-corrected chi connectivity index (χ1v) is 6.38. The maximum absolute atomic E-state index is 11.9. The van der Waals surface area contributed by atoms with Crippen molar-refractivity contribution in [1.82, 2.24) is 4.90 Å².